The molecule has 4 aromatic rings. The molecule has 0 radical (unpaired) electrons. The van der Waals surface area contributed by atoms with Crippen molar-refractivity contribution < 1.29 is 4.79 Å². The maximum absolute atomic E-state index is 13.4. The first-order chi connectivity index (χ1) is 20.3. The minimum absolute atomic E-state index is 0.176. The molecule has 0 saturated carbocycles. The predicted octanol–water partition coefficient (Wildman–Crippen LogP) is 7.12. The highest BCUT2D eigenvalue weighted by Gasteiger charge is 2.43. The van der Waals surface area contributed by atoms with Gasteiger partial charge in [0.15, 0.2) is 5.17 Å². The van der Waals surface area contributed by atoms with Crippen LogP contribution in [0.2, 0.25) is 0 Å². The number of thioether (sulfide) groups is 1. The van der Waals surface area contributed by atoms with E-state index >= 15 is 0 Å². The van der Waals surface area contributed by atoms with Gasteiger partial charge in [-0.1, -0.05) is 60.3 Å². The van der Waals surface area contributed by atoms with E-state index in [1.807, 2.05) is 58.5 Å². The lowest BCUT2D eigenvalue weighted by Gasteiger charge is -2.39. The molecule has 1 amide bonds. The Balaban J connectivity index is 1.73. The van der Waals surface area contributed by atoms with Crippen molar-refractivity contribution in [1.29, 1.82) is 0 Å². The molecule has 1 aliphatic heterocycles. The van der Waals surface area contributed by atoms with Crippen molar-refractivity contribution in [2.75, 3.05) is 56.0 Å². The maximum Gasteiger partial charge on any atom is 0.257 e. The largest absolute Gasteiger partial charge is 0.378 e. The summed E-state index contributed by atoms with van der Waals surface area (Å²) in [7, 11) is 8.20. The van der Waals surface area contributed by atoms with E-state index in [1.165, 1.54) is 0 Å². The third-order valence-corrected chi connectivity index (χ3v) is 9.18. The fraction of sp³-hybridized carbons (Fsp3) is 0.257. The molecular weight excluding hydrogens is 538 g/mol. The highest BCUT2D eigenvalue weighted by atomic mass is 32.2. The van der Waals surface area contributed by atoms with E-state index in [9.17, 15) is 4.79 Å². The van der Waals surface area contributed by atoms with E-state index in [0.29, 0.717) is 10.7 Å². The van der Waals surface area contributed by atoms with Gasteiger partial charge in [-0.05, 0) is 73.5 Å². The van der Waals surface area contributed by atoms with Crippen LogP contribution in [0.5, 0.6) is 0 Å². The Morgan fingerprint density at radius 3 is 1.76 bits per heavy atom. The molecule has 0 atom stereocenters. The molecule has 4 aromatic carbocycles. The van der Waals surface area contributed by atoms with Crippen LogP contribution in [0.15, 0.2) is 102 Å². The van der Waals surface area contributed by atoms with Gasteiger partial charge in [-0.15, -0.1) is 0 Å². The van der Waals surface area contributed by atoms with Crippen molar-refractivity contribution in [2.45, 2.75) is 18.6 Å². The van der Waals surface area contributed by atoms with Crippen molar-refractivity contribution in [3.05, 3.63) is 119 Å². The Bertz CT molecular complexity index is 1510. The summed E-state index contributed by atoms with van der Waals surface area (Å²) in [6, 6.07) is 33.3. The summed E-state index contributed by atoms with van der Waals surface area (Å²) in [5.74, 6) is -0.176. The lowest BCUT2D eigenvalue weighted by Crippen LogP contribution is -2.37. The van der Waals surface area contributed by atoms with E-state index in [1.54, 1.807) is 11.8 Å². The molecule has 6 nitrogen and oxygen atoms in total. The molecule has 0 spiro atoms. The number of aliphatic imine (C=N–C) groups is 1. The number of nitrogens with zero attached hydrogens (tertiary/aromatic N) is 4. The van der Waals surface area contributed by atoms with Crippen molar-refractivity contribution in [3.63, 3.8) is 0 Å². The summed E-state index contributed by atoms with van der Waals surface area (Å²) in [6.07, 6.45) is 0. The van der Waals surface area contributed by atoms with Crippen LogP contribution in [-0.4, -0.2) is 52.4 Å². The first-order valence-electron chi connectivity index (χ1n) is 14.4. The molecule has 0 fully saturated rings. The van der Waals surface area contributed by atoms with Crippen LogP contribution < -0.4 is 20.0 Å². The Kier molecular flexibility index (Phi) is 8.59. The normalized spacial score (nSPS) is 13.5. The van der Waals surface area contributed by atoms with E-state index in [4.69, 9.17) is 4.99 Å². The quantitative estimate of drug-likeness (QED) is 0.242. The lowest BCUT2D eigenvalue weighted by molar-refractivity contribution is 0.0978. The van der Waals surface area contributed by atoms with E-state index in [-0.39, 0.29) is 5.91 Å². The number of rotatable bonds is 8. The van der Waals surface area contributed by atoms with Crippen LogP contribution >= 0.6 is 11.8 Å². The summed E-state index contributed by atoms with van der Waals surface area (Å²) in [5.41, 5.74) is 8.15. The molecule has 1 heterocycles. The molecule has 0 bridgehead atoms. The fourth-order valence-electron chi connectivity index (χ4n) is 5.42. The number of amides is 1. The number of carbonyl (C=O) groups is 1. The molecule has 5 rings (SSSR count). The van der Waals surface area contributed by atoms with Gasteiger partial charge in [0.25, 0.3) is 5.91 Å². The average Bonchev–Trinajstić information content (AvgIpc) is 3.01. The molecule has 0 saturated heterocycles. The number of hydrogen-bond acceptors (Lipinski definition) is 6. The van der Waals surface area contributed by atoms with E-state index in [0.717, 1.165) is 52.5 Å². The smallest absolute Gasteiger partial charge is 0.257 e. The highest BCUT2D eigenvalue weighted by Crippen LogP contribution is 2.55. The van der Waals surface area contributed by atoms with E-state index < -0.39 is 4.75 Å². The van der Waals surface area contributed by atoms with Crippen molar-refractivity contribution in [1.82, 2.24) is 5.32 Å². The van der Waals surface area contributed by atoms with Crippen LogP contribution in [0, 0.1) is 0 Å². The van der Waals surface area contributed by atoms with Crippen LogP contribution in [0.4, 0.5) is 22.7 Å². The first-order valence-corrected chi connectivity index (χ1v) is 15.2. The van der Waals surface area contributed by atoms with Gasteiger partial charge in [-0.25, -0.2) is 4.99 Å². The summed E-state index contributed by atoms with van der Waals surface area (Å²) in [5, 5.41) is 3.72. The second kappa shape index (κ2) is 12.3. The zero-order valence-corrected chi connectivity index (χ0v) is 26.1. The molecule has 0 unspecified atom stereocenters. The minimum atomic E-state index is -0.645. The van der Waals surface area contributed by atoms with Gasteiger partial charge in [-0.3, -0.25) is 4.79 Å². The molecule has 0 aliphatic carbocycles. The Morgan fingerprint density at radius 1 is 0.738 bits per heavy atom. The van der Waals surface area contributed by atoms with Gasteiger partial charge in [0.1, 0.15) is 4.75 Å². The fourth-order valence-corrected chi connectivity index (χ4v) is 6.79. The van der Waals surface area contributed by atoms with Crippen LogP contribution in [0.3, 0.4) is 0 Å². The third-order valence-electron chi connectivity index (χ3n) is 7.80. The number of hydrogen-bond donors (Lipinski definition) is 1. The molecule has 42 heavy (non-hydrogen) atoms. The number of nitrogens with one attached hydrogen (secondary N) is 1. The van der Waals surface area contributed by atoms with Gasteiger partial charge in [0, 0.05) is 69.5 Å². The molecule has 1 aliphatic rings. The van der Waals surface area contributed by atoms with Crippen LogP contribution in [0.1, 0.15) is 40.9 Å². The van der Waals surface area contributed by atoms with Gasteiger partial charge in [0.2, 0.25) is 0 Å². The second-order valence-electron chi connectivity index (χ2n) is 10.8. The number of fused-ring (bicyclic) bond motifs is 1. The molecular formula is C35H39N5OS. The highest BCUT2D eigenvalue weighted by molar-refractivity contribution is 8.15. The summed E-state index contributed by atoms with van der Waals surface area (Å²) in [4.78, 5) is 25.0. The number of anilines is 3. The topological polar surface area (TPSA) is 51.2 Å². The third kappa shape index (κ3) is 5.61. The summed E-state index contributed by atoms with van der Waals surface area (Å²) in [6.45, 7) is 6.12. The molecule has 0 aromatic heterocycles. The average molecular weight is 578 g/mol. The standard InChI is InChI=1S/C35H39N5OS/c1-7-40(8-2)30-22-23-31-32(24-30)36-34(37-33(41)25-12-10-9-11-13-25)42-35(31,26-14-18-28(19-15-26)38(3)4)27-16-20-29(21-17-27)39(5)6/h9-24H,7-8H2,1-6H3,(H,36,37,41). The monoisotopic (exact) mass is 577 g/mol. The lowest BCUT2D eigenvalue weighted by atomic mass is 9.82. The summed E-state index contributed by atoms with van der Waals surface area (Å²) >= 11 is 1.58. The first kappa shape index (κ1) is 29.3. The Morgan fingerprint density at radius 2 is 1.26 bits per heavy atom. The van der Waals surface area contributed by atoms with Gasteiger partial charge >= 0.3 is 0 Å². The molecule has 7 heteroatoms. The number of amidine groups is 1. The minimum Gasteiger partial charge on any atom is -0.378 e. The van der Waals surface area contributed by atoms with Crippen molar-refractivity contribution >= 4 is 45.6 Å². The Hall–Kier alpha value is -4.23. The van der Waals surface area contributed by atoms with Crippen molar-refractivity contribution in [2.24, 2.45) is 4.99 Å². The van der Waals surface area contributed by atoms with Crippen molar-refractivity contribution in [3.8, 4) is 0 Å². The second-order valence-corrected chi connectivity index (χ2v) is 12.0. The maximum atomic E-state index is 13.4. The molecule has 1 N–H and O–H groups in total. The SMILES string of the molecule is CCN(CC)c1ccc2c(c1)N=C(NC(=O)c1ccccc1)SC2(c1ccc(N(C)C)cc1)c1ccc(N(C)C)cc1. The number of carbonyl (C=O) groups excluding carboxylic acids is 1. The predicted molar refractivity (Wildman–Crippen MR) is 180 cm³/mol. The van der Waals surface area contributed by atoms with Gasteiger partial charge in [0.05, 0.1) is 5.69 Å². The van der Waals surface area contributed by atoms with Crippen LogP contribution in [-0.2, 0) is 4.75 Å². The summed E-state index contributed by atoms with van der Waals surface area (Å²) < 4.78 is -0.645. The van der Waals surface area contributed by atoms with E-state index in [2.05, 4.69) is 101 Å². The number of benzene rings is 4. The van der Waals surface area contributed by atoms with Gasteiger partial charge in [-0.2, -0.15) is 0 Å². The van der Waals surface area contributed by atoms with Gasteiger partial charge < -0.3 is 20.0 Å². The zero-order chi connectivity index (χ0) is 29.9. The molecule has 216 valence electrons. The van der Waals surface area contributed by atoms with Crippen LogP contribution in [0.25, 0.3) is 0 Å². The Labute approximate surface area is 254 Å². The zero-order valence-electron chi connectivity index (χ0n) is 25.3.